The van der Waals surface area contributed by atoms with Crippen LogP contribution in [0.15, 0.2) is 29.2 Å². The fourth-order valence-corrected chi connectivity index (χ4v) is 2.64. The quantitative estimate of drug-likeness (QED) is 0.581. The van der Waals surface area contributed by atoms with E-state index in [4.69, 9.17) is 4.74 Å². The smallest absolute Gasteiger partial charge is 0.316 e. The SMILES string of the molecule is COC(=O)C1(c2ccccc2SC)CC1. The molecule has 0 spiro atoms. The number of thioether (sulfide) groups is 1. The largest absolute Gasteiger partial charge is 0.468 e. The highest BCUT2D eigenvalue weighted by Gasteiger charge is 2.53. The van der Waals surface area contributed by atoms with Crippen LogP contribution in [0.4, 0.5) is 0 Å². The topological polar surface area (TPSA) is 26.3 Å². The number of hydrogen-bond acceptors (Lipinski definition) is 3. The first-order valence-electron chi connectivity index (χ1n) is 4.96. The van der Waals surface area contributed by atoms with Gasteiger partial charge in [-0.05, 0) is 30.7 Å². The molecule has 0 aromatic heterocycles. The van der Waals surface area contributed by atoms with Gasteiger partial charge in [-0.3, -0.25) is 4.79 Å². The maximum Gasteiger partial charge on any atom is 0.316 e. The number of carbonyl (C=O) groups excluding carboxylic acids is 1. The van der Waals surface area contributed by atoms with Crippen molar-refractivity contribution in [2.45, 2.75) is 23.2 Å². The van der Waals surface area contributed by atoms with Gasteiger partial charge in [0.15, 0.2) is 0 Å². The zero-order valence-corrected chi connectivity index (χ0v) is 9.76. The van der Waals surface area contributed by atoms with Crippen LogP contribution in [0.5, 0.6) is 0 Å². The third-order valence-corrected chi connectivity index (χ3v) is 3.74. The van der Waals surface area contributed by atoms with Gasteiger partial charge in [0.25, 0.3) is 0 Å². The lowest BCUT2D eigenvalue weighted by Crippen LogP contribution is -2.22. The first-order valence-corrected chi connectivity index (χ1v) is 6.19. The number of methoxy groups -OCH3 is 1. The molecule has 2 rings (SSSR count). The monoisotopic (exact) mass is 222 g/mol. The molecular weight excluding hydrogens is 208 g/mol. The van der Waals surface area contributed by atoms with E-state index in [0.29, 0.717) is 0 Å². The minimum Gasteiger partial charge on any atom is -0.468 e. The summed E-state index contributed by atoms with van der Waals surface area (Å²) in [4.78, 5) is 12.9. The van der Waals surface area contributed by atoms with Crippen molar-refractivity contribution in [1.82, 2.24) is 0 Å². The molecule has 0 N–H and O–H groups in total. The Kier molecular flexibility index (Phi) is 2.74. The van der Waals surface area contributed by atoms with Gasteiger partial charge in [-0.25, -0.2) is 0 Å². The Balaban J connectivity index is 2.41. The van der Waals surface area contributed by atoms with Crippen molar-refractivity contribution >= 4 is 17.7 Å². The summed E-state index contributed by atoms with van der Waals surface area (Å²) in [5.74, 6) is -0.0935. The second-order valence-corrected chi connectivity index (χ2v) is 4.62. The van der Waals surface area contributed by atoms with E-state index in [1.165, 1.54) is 12.0 Å². The molecule has 0 amide bonds. The van der Waals surface area contributed by atoms with Gasteiger partial charge in [-0.2, -0.15) is 0 Å². The maximum absolute atomic E-state index is 11.7. The second-order valence-electron chi connectivity index (χ2n) is 3.77. The average molecular weight is 222 g/mol. The van der Waals surface area contributed by atoms with Crippen LogP contribution in [-0.4, -0.2) is 19.3 Å². The molecule has 15 heavy (non-hydrogen) atoms. The first kappa shape index (κ1) is 10.6. The molecular formula is C12H14O2S. The molecule has 1 aliphatic rings. The molecule has 1 aromatic carbocycles. The third-order valence-electron chi connectivity index (χ3n) is 2.95. The van der Waals surface area contributed by atoms with Gasteiger partial charge < -0.3 is 4.74 Å². The van der Waals surface area contributed by atoms with Gasteiger partial charge in [0.2, 0.25) is 0 Å². The number of rotatable bonds is 3. The first-order chi connectivity index (χ1) is 7.24. The summed E-state index contributed by atoms with van der Waals surface area (Å²) in [6, 6.07) is 8.08. The molecule has 0 saturated heterocycles. The number of esters is 1. The molecule has 2 nitrogen and oxygen atoms in total. The van der Waals surface area contributed by atoms with Crippen LogP contribution in [0.25, 0.3) is 0 Å². The highest BCUT2D eigenvalue weighted by Crippen LogP contribution is 2.51. The fraction of sp³-hybridized carbons (Fsp3) is 0.417. The lowest BCUT2D eigenvalue weighted by molar-refractivity contribution is -0.143. The van der Waals surface area contributed by atoms with Gasteiger partial charge in [0.05, 0.1) is 12.5 Å². The van der Waals surface area contributed by atoms with Crippen LogP contribution in [0.3, 0.4) is 0 Å². The molecule has 0 heterocycles. The summed E-state index contributed by atoms with van der Waals surface area (Å²) >= 11 is 1.68. The number of carbonyl (C=O) groups is 1. The van der Waals surface area contributed by atoms with Crippen LogP contribution < -0.4 is 0 Å². The maximum atomic E-state index is 11.7. The summed E-state index contributed by atoms with van der Waals surface area (Å²) in [5, 5.41) is 0. The Labute approximate surface area is 94.0 Å². The molecule has 3 heteroatoms. The van der Waals surface area contributed by atoms with Crippen LogP contribution in [0.2, 0.25) is 0 Å². The molecule has 0 unspecified atom stereocenters. The number of ether oxygens (including phenoxy) is 1. The van der Waals surface area contributed by atoms with Crippen LogP contribution in [0.1, 0.15) is 18.4 Å². The minimum atomic E-state index is -0.339. The molecule has 1 aliphatic carbocycles. The highest BCUT2D eigenvalue weighted by atomic mass is 32.2. The molecule has 0 aliphatic heterocycles. The Morgan fingerprint density at radius 1 is 1.40 bits per heavy atom. The Bertz CT molecular complexity index is 383. The van der Waals surface area contributed by atoms with E-state index in [-0.39, 0.29) is 11.4 Å². The fourth-order valence-electron chi connectivity index (χ4n) is 1.94. The Hall–Kier alpha value is -0.960. The molecule has 0 bridgehead atoms. The van der Waals surface area contributed by atoms with Gasteiger partial charge >= 0.3 is 5.97 Å². The highest BCUT2D eigenvalue weighted by molar-refractivity contribution is 7.98. The summed E-state index contributed by atoms with van der Waals surface area (Å²) in [5.41, 5.74) is 0.790. The summed E-state index contributed by atoms with van der Waals surface area (Å²) < 4.78 is 4.88. The zero-order chi connectivity index (χ0) is 10.9. The van der Waals surface area contributed by atoms with E-state index in [9.17, 15) is 4.79 Å². The van der Waals surface area contributed by atoms with Crippen molar-refractivity contribution < 1.29 is 9.53 Å². The van der Waals surface area contributed by atoms with E-state index in [1.807, 2.05) is 24.5 Å². The van der Waals surface area contributed by atoms with E-state index in [2.05, 4.69) is 6.07 Å². The summed E-state index contributed by atoms with van der Waals surface area (Å²) in [6.07, 6.45) is 3.86. The van der Waals surface area contributed by atoms with Crippen molar-refractivity contribution in [3.63, 3.8) is 0 Å². The van der Waals surface area contributed by atoms with Gasteiger partial charge in [-0.15, -0.1) is 11.8 Å². The molecule has 1 aromatic rings. The van der Waals surface area contributed by atoms with Gasteiger partial charge in [0, 0.05) is 4.90 Å². The van der Waals surface area contributed by atoms with Gasteiger partial charge in [-0.1, -0.05) is 18.2 Å². The minimum absolute atomic E-state index is 0.0935. The molecule has 1 fully saturated rings. The molecule has 1 saturated carbocycles. The van der Waals surface area contributed by atoms with Crippen LogP contribution in [-0.2, 0) is 14.9 Å². The third kappa shape index (κ3) is 1.65. The molecule has 0 radical (unpaired) electrons. The predicted octanol–water partition coefficient (Wildman–Crippen LogP) is 2.61. The van der Waals surface area contributed by atoms with Gasteiger partial charge in [0.1, 0.15) is 0 Å². The van der Waals surface area contributed by atoms with E-state index < -0.39 is 0 Å². The predicted molar refractivity (Wildman–Crippen MR) is 61.2 cm³/mol. The van der Waals surface area contributed by atoms with Crippen molar-refractivity contribution in [1.29, 1.82) is 0 Å². The van der Waals surface area contributed by atoms with E-state index in [0.717, 1.165) is 18.4 Å². The normalized spacial score (nSPS) is 17.2. The standard InChI is InChI=1S/C12H14O2S/c1-14-11(13)12(7-8-12)9-5-3-4-6-10(9)15-2/h3-6H,7-8H2,1-2H3. The van der Waals surface area contributed by atoms with E-state index in [1.54, 1.807) is 11.8 Å². The van der Waals surface area contributed by atoms with Crippen LogP contribution in [0, 0.1) is 0 Å². The lowest BCUT2D eigenvalue weighted by Gasteiger charge is -2.15. The lowest BCUT2D eigenvalue weighted by atomic mass is 9.96. The molecule has 0 atom stereocenters. The number of benzene rings is 1. The van der Waals surface area contributed by atoms with Crippen molar-refractivity contribution in [3.05, 3.63) is 29.8 Å². The summed E-state index contributed by atoms with van der Waals surface area (Å²) in [7, 11) is 1.46. The van der Waals surface area contributed by atoms with Crippen molar-refractivity contribution in [2.24, 2.45) is 0 Å². The molecule has 80 valence electrons. The van der Waals surface area contributed by atoms with Crippen molar-refractivity contribution in [3.8, 4) is 0 Å². The summed E-state index contributed by atoms with van der Waals surface area (Å²) in [6.45, 7) is 0. The van der Waals surface area contributed by atoms with Crippen molar-refractivity contribution in [2.75, 3.05) is 13.4 Å². The number of hydrogen-bond donors (Lipinski definition) is 0. The van der Waals surface area contributed by atoms with Crippen LogP contribution >= 0.6 is 11.8 Å². The Morgan fingerprint density at radius 3 is 2.60 bits per heavy atom. The zero-order valence-electron chi connectivity index (χ0n) is 8.95. The second kappa shape index (κ2) is 3.89. The average Bonchev–Trinajstić information content (AvgIpc) is 3.09. The Morgan fingerprint density at radius 2 is 2.07 bits per heavy atom. The van der Waals surface area contributed by atoms with E-state index >= 15 is 0 Å².